The number of benzene rings is 1. The number of piperazine rings is 1. The Labute approximate surface area is 133 Å². The van der Waals surface area contributed by atoms with Gasteiger partial charge >= 0.3 is 0 Å². The molecule has 1 aromatic heterocycles. The van der Waals surface area contributed by atoms with Gasteiger partial charge in [0.15, 0.2) is 5.67 Å². The van der Waals surface area contributed by atoms with E-state index in [2.05, 4.69) is 15.1 Å². The van der Waals surface area contributed by atoms with E-state index in [9.17, 15) is 9.18 Å². The molecule has 0 aliphatic carbocycles. The summed E-state index contributed by atoms with van der Waals surface area (Å²) in [4.78, 5) is 15.7. The molecule has 1 aromatic carbocycles. The zero-order valence-corrected chi connectivity index (χ0v) is 13.3. The summed E-state index contributed by atoms with van der Waals surface area (Å²) in [6.07, 6.45) is 1.77. The molecule has 0 bridgehead atoms. The molecule has 0 saturated carbocycles. The first-order valence-corrected chi connectivity index (χ1v) is 7.60. The third kappa shape index (κ3) is 2.75. The molecule has 2 heterocycles. The van der Waals surface area contributed by atoms with Gasteiger partial charge < -0.3 is 9.80 Å². The number of carbonyl (C=O) groups is 1. The summed E-state index contributed by atoms with van der Waals surface area (Å²) in [7, 11) is 0. The van der Waals surface area contributed by atoms with Crippen LogP contribution in [0.4, 0.5) is 10.1 Å². The Kier molecular flexibility index (Phi) is 3.72. The van der Waals surface area contributed by atoms with Crippen molar-refractivity contribution in [3.05, 3.63) is 23.4 Å². The Hall–Kier alpha value is -1.82. The van der Waals surface area contributed by atoms with Crippen LogP contribution in [0.15, 0.2) is 18.3 Å². The van der Waals surface area contributed by atoms with Crippen LogP contribution in [0.2, 0.25) is 5.02 Å². The maximum Gasteiger partial charge on any atom is 0.259 e. The summed E-state index contributed by atoms with van der Waals surface area (Å²) in [5.41, 5.74) is 0.0459. The van der Waals surface area contributed by atoms with Crippen molar-refractivity contribution in [2.75, 3.05) is 31.1 Å². The number of nitrogens with zero attached hydrogens (tertiary/aromatic N) is 3. The first kappa shape index (κ1) is 15.1. The summed E-state index contributed by atoms with van der Waals surface area (Å²) in [5, 5.41) is 8.59. The fourth-order valence-electron chi connectivity index (χ4n) is 2.79. The van der Waals surface area contributed by atoms with Crippen LogP contribution in [-0.4, -0.2) is 52.9 Å². The molecule has 118 valence electrons. The Bertz CT molecular complexity index is 701. The van der Waals surface area contributed by atoms with E-state index in [0.29, 0.717) is 31.2 Å². The lowest BCUT2D eigenvalue weighted by atomic mass is 10.1. The summed E-state index contributed by atoms with van der Waals surface area (Å²) in [5.74, 6) is -0.452. The molecular formula is C15H18ClFN4O. The summed E-state index contributed by atoms with van der Waals surface area (Å²) >= 11 is 6.15. The largest absolute Gasteiger partial charge is 0.367 e. The Morgan fingerprint density at radius 3 is 2.64 bits per heavy atom. The monoisotopic (exact) mass is 324 g/mol. The number of nitrogens with one attached hydrogen (secondary N) is 1. The number of rotatable bonds is 2. The fraction of sp³-hybridized carbons (Fsp3) is 0.467. The van der Waals surface area contributed by atoms with Crippen LogP contribution >= 0.6 is 11.6 Å². The van der Waals surface area contributed by atoms with Crippen molar-refractivity contribution >= 4 is 34.1 Å². The minimum atomic E-state index is -1.82. The molecule has 22 heavy (non-hydrogen) atoms. The Morgan fingerprint density at radius 1 is 1.32 bits per heavy atom. The van der Waals surface area contributed by atoms with Crippen LogP contribution < -0.4 is 4.90 Å². The molecule has 1 aliphatic heterocycles. The molecule has 5 nitrogen and oxygen atoms in total. The van der Waals surface area contributed by atoms with E-state index in [0.717, 1.165) is 16.6 Å². The first-order valence-electron chi connectivity index (χ1n) is 7.22. The normalized spacial score (nSPS) is 16.4. The number of anilines is 1. The molecule has 0 atom stereocenters. The van der Waals surface area contributed by atoms with Gasteiger partial charge in [0.05, 0.1) is 11.7 Å². The van der Waals surface area contributed by atoms with Gasteiger partial charge in [0.2, 0.25) is 0 Å². The number of amides is 1. The van der Waals surface area contributed by atoms with Gasteiger partial charge in [0.25, 0.3) is 5.91 Å². The van der Waals surface area contributed by atoms with Crippen LogP contribution in [0, 0.1) is 0 Å². The van der Waals surface area contributed by atoms with Crippen LogP contribution in [-0.2, 0) is 4.79 Å². The lowest BCUT2D eigenvalue weighted by molar-refractivity contribution is -0.142. The number of fused-ring (bicyclic) bond motifs is 1. The minimum absolute atomic E-state index is 0.452. The zero-order valence-electron chi connectivity index (χ0n) is 12.6. The van der Waals surface area contributed by atoms with Crippen LogP contribution in [0.1, 0.15) is 13.8 Å². The van der Waals surface area contributed by atoms with Crippen LogP contribution in [0.3, 0.4) is 0 Å². The number of carbonyl (C=O) groups excluding carboxylic acids is 1. The van der Waals surface area contributed by atoms with Crippen molar-refractivity contribution in [1.82, 2.24) is 15.1 Å². The van der Waals surface area contributed by atoms with Gasteiger partial charge in [-0.1, -0.05) is 11.6 Å². The summed E-state index contributed by atoms with van der Waals surface area (Å²) < 4.78 is 13.8. The second-order valence-electron chi connectivity index (χ2n) is 6.01. The Morgan fingerprint density at radius 2 is 2.00 bits per heavy atom. The lowest BCUT2D eigenvalue weighted by Crippen LogP contribution is -2.53. The third-order valence-electron chi connectivity index (χ3n) is 3.92. The first-order chi connectivity index (χ1) is 10.4. The quantitative estimate of drug-likeness (QED) is 0.924. The van der Waals surface area contributed by atoms with Crippen molar-refractivity contribution < 1.29 is 9.18 Å². The minimum Gasteiger partial charge on any atom is -0.367 e. The fourth-order valence-corrected chi connectivity index (χ4v) is 3.00. The third-order valence-corrected chi connectivity index (χ3v) is 4.14. The van der Waals surface area contributed by atoms with Gasteiger partial charge in [-0.2, -0.15) is 5.10 Å². The number of hydrogen-bond donors (Lipinski definition) is 1. The predicted molar refractivity (Wildman–Crippen MR) is 85.1 cm³/mol. The number of halogens is 2. The van der Waals surface area contributed by atoms with Gasteiger partial charge in [0.1, 0.15) is 0 Å². The van der Waals surface area contributed by atoms with Crippen molar-refractivity contribution in [2.45, 2.75) is 19.5 Å². The summed E-state index contributed by atoms with van der Waals surface area (Å²) in [6.45, 7) is 4.88. The zero-order chi connectivity index (χ0) is 15.9. The van der Waals surface area contributed by atoms with Gasteiger partial charge in [0, 0.05) is 42.3 Å². The Balaban J connectivity index is 1.79. The molecule has 3 rings (SSSR count). The van der Waals surface area contributed by atoms with E-state index < -0.39 is 11.6 Å². The highest BCUT2D eigenvalue weighted by atomic mass is 35.5. The van der Waals surface area contributed by atoms with Gasteiger partial charge in [-0.25, -0.2) is 4.39 Å². The van der Waals surface area contributed by atoms with Crippen molar-refractivity contribution in [2.24, 2.45) is 0 Å². The highest BCUT2D eigenvalue weighted by molar-refractivity contribution is 6.31. The van der Waals surface area contributed by atoms with Crippen LogP contribution in [0.5, 0.6) is 0 Å². The topological polar surface area (TPSA) is 52.2 Å². The van der Waals surface area contributed by atoms with E-state index in [-0.39, 0.29) is 0 Å². The highest BCUT2D eigenvalue weighted by Gasteiger charge is 2.33. The van der Waals surface area contributed by atoms with E-state index >= 15 is 0 Å². The average Bonchev–Trinajstić information content (AvgIpc) is 2.93. The molecule has 0 radical (unpaired) electrons. The lowest BCUT2D eigenvalue weighted by Gasteiger charge is -2.38. The second kappa shape index (κ2) is 5.43. The van der Waals surface area contributed by atoms with Gasteiger partial charge in [-0.05, 0) is 26.0 Å². The molecular weight excluding hydrogens is 307 g/mol. The molecule has 1 amide bonds. The van der Waals surface area contributed by atoms with E-state index in [1.165, 1.54) is 13.8 Å². The number of aromatic amines is 1. The van der Waals surface area contributed by atoms with E-state index in [4.69, 9.17) is 11.6 Å². The number of aromatic nitrogens is 2. The average molecular weight is 325 g/mol. The molecule has 2 aromatic rings. The van der Waals surface area contributed by atoms with Crippen molar-refractivity contribution in [3.63, 3.8) is 0 Å². The van der Waals surface area contributed by atoms with Crippen LogP contribution in [0.25, 0.3) is 10.9 Å². The van der Waals surface area contributed by atoms with E-state index in [1.807, 2.05) is 12.1 Å². The van der Waals surface area contributed by atoms with Crippen molar-refractivity contribution in [3.8, 4) is 0 Å². The van der Waals surface area contributed by atoms with Crippen molar-refractivity contribution in [1.29, 1.82) is 0 Å². The SMILES string of the molecule is CC(C)(F)C(=O)N1CCN(c2cc(Cl)cc3[nH]ncc23)CC1. The highest BCUT2D eigenvalue weighted by Crippen LogP contribution is 2.30. The molecule has 7 heteroatoms. The predicted octanol–water partition coefficient (Wildman–Crippen LogP) is 2.61. The molecule has 1 saturated heterocycles. The number of hydrogen-bond acceptors (Lipinski definition) is 3. The van der Waals surface area contributed by atoms with E-state index in [1.54, 1.807) is 11.1 Å². The number of H-pyrrole nitrogens is 1. The molecule has 1 fully saturated rings. The van der Waals surface area contributed by atoms with Gasteiger partial charge in [-0.3, -0.25) is 9.89 Å². The second-order valence-corrected chi connectivity index (χ2v) is 6.44. The number of alkyl halides is 1. The maximum atomic E-state index is 13.8. The smallest absolute Gasteiger partial charge is 0.259 e. The standard InChI is InChI=1S/C15H18ClFN4O/c1-15(2,17)14(22)21-5-3-20(4-6-21)13-8-10(16)7-12-11(13)9-18-19-12/h7-9H,3-6H2,1-2H3,(H,18,19). The molecule has 1 N–H and O–H groups in total. The molecule has 0 spiro atoms. The summed E-state index contributed by atoms with van der Waals surface area (Å²) in [6, 6.07) is 3.73. The van der Waals surface area contributed by atoms with Gasteiger partial charge in [-0.15, -0.1) is 0 Å². The maximum absolute atomic E-state index is 13.8. The molecule has 0 unspecified atom stereocenters. The molecule has 1 aliphatic rings.